The van der Waals surface area contributed by atoms with E-state index in [0.717, 1.165) is 28.1 Å². The Balaban J connectivity index is 1.58. The number of carbonyl (C=O) groups is 2. The fourth-order valence-electron chi connectivity index (χ4n) is 2.92. The summed E-state index contributed by atoms with van der Waals surface area (Å²) in [4.78, 5) is 26.6. The number of fused-ring (bicyclic) bond motifs is 1. The molecule has 1 aliphatic heterocycles. The lowest BCUT2D eigenvalue weighted by molar-refractivity contribution is -0.123. The standard InChI is InChI=1S/C21H14ClNO3S/c22-17-10-13(6-8-18(17)24)11-19-20(25)23(21(26)27-19)12-14-5-7-15-3-1-2-4-16(15)9-14/h1-11,24H,12H2/b19-11-. The third-order valence-electron chi connectivity index (χ3n) is 4.30. The minimum Gasteiger partial charge on any atom is -0.506 e. The Bertz CT molecular complexity index is 1110. The molecule has 1 heterocycles. The molecule has 0 radical (unpaired) electrons. The Morgan fingerprint density at radius 1 is 1.00 bits per heavy atom. The molecule has 3 aromatic carbocycles. The van der Waals surface area contributed by atoms with Crippen LogP contribution in [0.15, 0.2) is 65.6 Å². The van der Waals surface area contributed by atoms with Gasteiger partial charge in [0.2, 0.25) is 0 Å². The summed E-state index contributed by atoms with van der Waals surface area (Å²) in [6.07, 6.45) is 1.61. The van der Waals surface area contributed by atoms with Crippen molar-refractivity contribution in [3.63, 3.8) is 0 Å². The molecule has 3 aromatic rings. The fourth-order valence-corrected chi connectivity index (χ4v) is 3.95. The maximum absolute atomic E-state index is 12.7. The molecule has 0 aliphatic carbocycles. The average molecular weight is 396 g/mol. The first kappa shape index (κ1) is 17.6. The molecule has 4 nitrogen and oxygen atoms in total. The van der Waals surface area contributed by atoms with Gasteiger partial charge in [0.05, 0.1) is 16.5 Å². The minimum atomic E-state index is -0.331. The van der Waals surface area contributed by atoms with Gasteiger partial charge in [0, 0.05) is 0 Å². The van der Waals surface area contributed by atoms with E-state index in [1.54, 1.807) is 18.2 Å². The number of rotatable bonds is 3. The number of imide groups is 1. The van der Waals surface area contributed by atoms with Crippen molar-refractivity contribution < 1.29 is 14.7 Å². The van der Waals surface area contributed by atoms with Crippen molar-refractivity contribution in [3.05, 3.63) is 81.7 Å². The van der Waals surface area contributed by atoms with E-state index >= 15 is 0 Å². The molecule has 134 valence electrons. The summed E-state index contributed by atoms with van der Waals surface area (Å²) < 4.78 is 0. The number of hydrogen-bond donors (Lipinski definition) is 1. The topological polar surface area (TPSA) is 57.6 Å². The van der Waals surface area contributed by atoms with E-state index in [2.05, 4.69) is 0 Å². The van der Waals surface area contributed by atoms with Crippen LogP contribution >= 0.6 is 23.4 Å². The van der Waals surface area contributed by atoms with Gasteiger partial charge in [-0.2, -0.15) is 0 Å². The molecule has 1 aliphatic rings. The monoisotopic (exact) mass is 395 g/mol. The zero-order valence-corrected chi connectivity index (χ0v) is 15.6. The first-order chi connectivity index (χ1) is 13.0. The fraction of sp³-hybridized carbons (Fsp3) is 0.0476. The van der Waals surface area contributed by atoms with Gasteiger partial charge in [0.15, 0.2) is 0 Å². The number of amides is 2. The van der Waals surface area contributed by atoms with Crippen LogP contribution < -0.4 is 0 Å². The Morgan fingerprint density at radius 2 is 1.78 bits per heavy atom. The Hall–Kier alpha value is -2.76. The third kappa shape index (κ3) is 3.56. The zero-order valence-electron chi connectivity index (χ0n) is 14.1. The summed E-state index contributed by atoms with van der Waals surface area (Å²) in [6, 6.07) is 18.5. The Labute approximate surface area is 165 Å². The molecule has 1 fully saturated rings. The molecule has 1 N–H and O–H groups in total. The van der Waals surface area contributed by atoms with Crippen molar-refractivity contribution in [2.75, 3.05) is 0 Å². The Morgan fingerprint density at radius 3 is 2.56 bits per heavy atom. The van der Waals surface area contributed by atoms with Gasteiger partial charge >= 0.3 is 0 Å². The van der Waals surface area contributed by atoms with Gasteiger partial charge in [-0.05, 0) is 57.9 Å². The van der Waals surface area contributed by atoms with Crippen molar-refractivity contribution >= 4 is 51.4 Å². The van der Waals surface area contributed by atoms with Gasteiger partial charge in [-0.3, -0.25) is 14.5 Å². The largest absolute Gasteiger partial charge is 0.506 e. The predicted octanol–water partition coefficient (Wildman–Crippen LogP) is 5.44. The summed E-state index contributed by atoms with van der Waals surface area (Å²) in [7, 11) is 0. The predicted molar refractivity (Wildman–Crippen MR) is 109 cm³/mol. The molecule has 1 saturated heterocycles. The molecule has 0 aromatic heterocycles. The second-order valence-electron chi connectivity index (χ2n) is 6.16. The molecule has 0 saturated carbocycles. The normalized spacial score (nSPS) is 15.9. The number of thioether (sulfide) groups is 1. The summed E-state index contributed by atoms with van der Waals surface area (Å²) >= 11 is 6.80. The first-order valence-corrected chi connectivity index (χ1v) is 9.42. The van der Waals surface area contributed by atoms with E-state index in [1.165, 1.54) is 11.0 Å². The quantitative estimate of drug-likeness (QED) is 0.600. The van der Waals surface area contributed by atoms with E-state index in [4.69, 9.17) is 11.6 Å². The maximum Gasteiger partial charge on any atom is 0.293 e. The number of phenolic OH excluding ortho intramolecular Hbond substituents is 1. The lowest BCUT2D eigenvalue weighted by atomic mass is 10.1. The number of phenols is 1. The van der Waals surface area contributed by atoms with Gasteiger partial charge in [-0.25, -0.2) is 0 Å². The van der Waals surface area contributed by atoms with Gasteiger partial charge in [0.25, 0.3) is 11.1 Å². The second kappa shape index (κ2) is 7.10. The van der Waals surface area contributed by atoms with Crippen molar-refractivity contribution in [3.8, 4) is 5.75 Å². The van der Waals surface area contributed by atoms with Gasteiger partial charge in [0.1, 0.15) is 5.75 Å². The molecular formula is C21H14ClNO3S. The first-order valence-electron chi connectivity index (χ1n) is 8.23. The summed E-state index contributed by atoms with van der Waals surface area (Å²) in [5.41, 5.74) is 1.54. The third-order valence-corrected chi connectivity index (χ3v) is 5.51. The Kier molecular flexibility index (Phi) is 4.64. The van der Waals surface area contributed by atoms with Crippen LogP contribution in [0.25, 0.3) is 16.8 Å². The number of carbonyl (C=O) groups excluding carboxylic acids is 2. The molecule has 2 amide bonds. The number of aromatic hydroxyl groups is 1. The maximum atomic E-state index is 12.7. The highest BCUT2D eigenvalue weighted by atomic mass is 35.5. The molecular weight excluding hydrogens is 382 g/mol. The minimum absolute atomic E-state index is 0.0294. The summed E-state index contributed by atoms with van der Waals surface area (Å²) in [5, 5.41) is 11.6. The number of benzene rings is 3. The smallest absolute Gasteiger partial charge is 0.293 e. The average Bonchev–Trinajstić information content (AvgIpc) is 2.92. The van der Waals surface area contributed by atoms with Crippen LogP contribution in [0.4, 0.5) is 4.79 Å². The van der Waals surface area contributed by atoms with Crippen LogP contribution in [-0.4, -0.2) is 21.2 Å². The van der Waals surface area contributed by atoms with Crippen LogP contribution in [0.3, 0.4) is 0 Å². The summed E-state index contributed by atoms with van der Waals surface area (Å²) in [6.45, 7) is 0.225. The van der Waals surface area contributed by atoms with E-state index in [1.807, 2.05) is 42.5 Å². The molecule has 0 bridgehead atoms. The summed E-state index contributed by atoms with van der Waals surface area (Å²) in [5.74, 6) is -0.361. The van der Waals surface area contributed by atoms with Crippen LogP contribution in [0.1, 0.15) is 11.1 Å². The van der Waals surface area contributed by atoms with E-state index in [9.17, 15) is 14.7 Å². The van der Waals surface area contributed by atoms with Crippen molar-refractivity contribution in [2.24, 2.45) is 0 Å². The van der Waals surface area contributed by atoms with Crippen molar-refractivity contribution in [1.29, 1.82) is 0 Å². The van der Waals surface area contributed by atoms with E-state index < -0.39 is 0 Å². The second-order valence-corrected chi connectivity index (χ2v) is 7.56. The zero-order chi connectivity index (χ0) is 19.0. The van der Waals surface area contributed by atoms with Crippen molar-refractivity contribution in [1.82, 2.24) is 4.90 Å². The molecule has 6 heteroatoms. The molecule has 0 unspecified atom stereocenters. The van der Waals surface area contributed by atoms with Crippen LogP contribution in [-0.2, 0) is 11.3 Å². The molecule has 27 heavy (non-hydrogen) atoms. The lowest BCUT2D eigenvalue weighted by Gasteiger charge is -2.13. The van der Waals surface area contributed by atoms with Gasteiger partial charge < -0.3 is 5.11 Å². The molecule has 4 rings (SSSR count). The van der Waals surface area contributed by atoms with E-state index in [0.29, 0.717) is 10.5 Å². The number of hydrogen-bond acceptors (Lipinski definition) is 4. The highest BCUT2D eigenvalue weighted by molar-refractivity contribution is 8.18. The van der Waals surface area contributed by atoms with E-state index in [-0.39, 0.29) is 28.5 Å². The SMILES string of the molecule is O=C1S/C(=C\c2ccc(O)c(Cl)c2)C(=O)N1Cc1ccc2ccccc2c1. The van der Waals surface area contributed by atoms with Crippen LogP contribution in [0.2, 0.25) is 5.02 Å². The highest BCUT2D eigenvalue weighted by Gasteiger charge is 2.35. The van der Waals surface area contributed by atoms with Crippen LogP contribution in [0, 0.1) is 0 Å². The van der Waals surface area contributed by atoms with Gasteiger partial charge in [-0.1, -0.05) is 54.1 Å². The van der Waals surface area contributed by atoms with Gasteiger partial charge in [-0.15, -0.1) is 0 Å². The number of nitrogens with zero attached hydrogens (tertiary/aromatic N) is 1. The molecule has 0 spiro atoms. The number of halogens is 1. The highest BCUT2D eigenvalue weighted by Crippen LogP contribution is 2.34. The lowest BCUT2D eigenvalue weighted by Crippen LogP contribution is -2.27. The van der Waals surface area contributed by atoms with Crippen LogP contribution in [0.5, 0.6) is 5.75 Å². The molecule has 0 atom stereocenters. The van der Waals surface area contributed by atoms with Crippen molar-refractivity contribution in [2.45, 2.75) is 6.54 Å².